The molecule has 3 heterocycles. The van der Waals surface area contributed by atoms with Crippen LogP contribution in [0.2, 0.25) is 0 Å². The monoisotopic (exact) mass is 354 g/mol. The van der Waals surface area contributed by atoms with Gasteiger partial charge in [0.15, 0.2) is 5.65 Å². The Morgan fingerprint density at radius 2 is 2.15 bits per heavy atom. The van der Waals surface area contributed by atoms with Crippen molar-refractivity contribution in [1.29, 1.82) is 0 Å². The highest BCUT2D eigenvalue weighted by Gasteiger charge is 2.22. The van der Waals surface area contributed by atoms with Crippen molar-refractivity contribution in [2.45, 2.75) is 18.9 Å². The highest BCUT2D eigenvalue weighted by molar-refractivity contribution is 5.87. The van der Waals surface area contributed by atoms with Crippen LogP contribution in [0.25, 0.3) is 5.65 Å². The van der Waals surface area contributed by atoms with Crippen molar-refractivity contribution in [2.75, 3.05) is 23.3 Å². The summed E-state index contributed by atoms with van der Waals surface area (Å²) in [4.78, 5) is 18.6. The third-order valence-corrected chi connectivity index (χ3v) is 4.40. The first-order chi connectivity index (χ1) is 12.7. The van der Waals surface area contributed by atoms with Crippen LogP contribution in [0.4, 0.5) is 20.8 Å². The van der Waals surface area contributed by atoms with Gasteiger partial charge in [0.25, 0.3) is 5.95 Å². The predicted molar refractivity (Wildman–Crippen MR) is 96.8 cm³/mol. The Hall–Kier alpha value is -3.16. The van der Waals surface area contributed by atoms with E-state index in [4.69, 9.17) is 0 Å². The minimum Gasteiger partial charge on any atom is -0.369 e. The minimum absolute atomic E-state index is 0.0240. The third kappa shape index (κ3) is 3.58. The van der Waals surface area contributed by atoms with E-state index in [1.807, 2.05) is 24.3 Å². The van der Waals surface area contributed by atoms with Gasteiger partial charge in [-0.1, -0.05) is 12.1 Å². The molecule has 0 aliphatic carbocycles. The Kier molecular flexibility index (Phi) is 4.39. The van der Waals surface area contributed by atoms with Gasteiger partial charge in [0.2, 0.25) is 0 Å². The lowest BCUT2D eigenvalue weighted by Crippen LogP contribution is -2.49. The summed E-state index contributed by atoms with van der Waals surface area (Å²) >= 11 is 0. The van der Waals surface area contributed by atoms with E-state index >= 15 is 0 Å². The van der Waals surface area contributed by atoms with Crippen molar-refractivity contribution >= 4 is 23.3 Å². The average molecular weight is 354 g/mol. The van der Waals surface area contributed by atoms with Gasteiger partial charge in [0.05, 0.1) is 0 Å². The summed E-state index contributed by atoms with van der Waals surface area (Å²) in [6.45, 7) is 1.48. The molecule has 0 radical (unpaired) electrons. The summed E-state index contributed by atoms with van der Waals surface area (Å²) in [6.07, 6.45) is 3.56. The number of carbonyl (C=O) groups excluding carboxylic acids is 1. The molecule has 4 rings (SSSR count). The standard InChI is InChI=1S/C18H19FN6O/c19-13-5-3-7-15(11-13)24-9-4-6-14(12-24)20-18(26)22-17-21-16-8-1-2-10-25(16)23-17/h1-3,5,7-8,10-11,14H,4,6,9,12H2,(H2,20,22,23,26). The molecule has 1 atom stereocenters. The number of anilines is 2. The zero-order chi connectivity index (χ0) is 17.9. The first-order valence-electron chi connectivity index (χ1n) is 8.57. The topological polar surface area (TPSA) is 74.6 Å². The van der Waals surface area contributed by atoms with Crippen LogP contribution in [0, 0.1) is 5.82 Å². The number of halogens is 1. The molecule has 0 saturated carbocycles. The van der Waals surface area contributed by atoms with Crippen molar-refractivity contribution in [3.63, 3.8) is 0 Å². The van der Waals surface area contributed by atoms with E-state index in [-0.39, 0.29) is 23.8 Å². The number of nitrogens with one attached hydrogen (secondary N) is 2. The maximum absolute atomic E-state index is 13.4. The highest BCUT2D eigenvalue weighted by atomic mass is 19.1. The maximum atomic E-state index is 13.4. The molecule has 1 aromatic carbocycles. The second-order valence-electron chi connectivity index (χ2n) is 6.30. The van der Waals surface area contributed by atoms with Crippen LogP contribution < -0.4 is 15.5 Å². The summed E-state index contributed by atoms with van der Waals surface area (Å²) in [5.74, 6) is -0.000237. The van der Waals surface area contributed by atoms with Crippen LogP contribution in [0.1, 0.15) is 12.8 Å². The second kappa shape index (κ2) is 6.99. The van der Waals surface area contributed by atoms with E-state index in [1.54, 1.807) is 16.8 Å². The van der Waals surface area contributed by atoms with Crippen LogP contribution >= 0.6 is 0 Å². The SMILES string of the molecule is O=C(Nc1nc2ccccn2n1)NC1CCCN(c2cccc(F)c2)C1. The number of hydrogen-bond acceptors (Lipinski definition) is 4. The lowest BCUT2D eigenvalue weighted by molar-refractivity contribution is 0.246. The molecule has 7 nitrogen and oxygen atoms in total. The Morgan fingerprint density at radius 1 is 1.23 bits per heavy atom. The number of aromatic nitrogens is 3. The van der Waals surface area contributed by atoms with E-state index in [0.717, 1.165) is 25.1 Å². The van der Waals surface area contributed by atoms with Crippen LogP contribution in [0.15, 0.2) is 48.7 Å². The van der Waals surface area contributed by atoms with Crippen LogP contribution in [0.5, 0.6) is 0 Å². The van der Waals surface area contributed by atoms with Gasteiger partial charge in [-0.2, -0.15) is 4.98 Å². The van der Waals surface area contributed by atoms with Gasteiger partial charge in [-0.05, 0) is 43.2 Å². The highest BCUT2D eigenvalue weighted by Crippen LogP contribution is 2.20. The molecule has 0 spiro atoms. The zero-order valence-corrected chi connectivity index (χ0v) is 14.1. The molecule has 1 fully saturated rings. The number of amides is 2. The molecule has 1 aliphatic rings. The zero-order valence-electron chi connectivity index (χ0n) is 14.1. The lowest BCUT2D eigenvalue weighted by Gasteiger charge is -2.34. The third-order valence-electron chi connectivity index (χ3n) is 4.40. The van der Waals surface area contributed by atoms with Gasteiger partial charge < -0.3 is 10.2 Å². The molecule has 134 valence electrons. The fourth-order valence-electron chi connectivity index (χ4n) is 3.21. The number of benzene rings is 1. The number of rotatable bonds is 3. The van der Waals surface area contributed by atoms with E-state index in [9.17, 15) is 9.18 Å². The maximum Gasteiger partial charge on any atom is 0.321 e. The Balaban J connectivity index is 1.37. The van der Waals surface area contributed by atoms with Gasteiger partial charge in [-0.25, -0.2) is 13.7 Å². The number of nitrogens with zero attached hydrogens (tertiary/aromatic N) is 4. The van der Waals surface area contributed by atoms with Crippen molar-refractivity contribution < 1.29 is 9.18 Å². The van der Waals surface area contributed by atoms with Crippen LogP contribution in [-0.2, 0) is 0 Å². The fraction of sp³-hybridized carbons (Fsp3) is 0.278. The molecular weight excluding hydrogens is 335 g/mol. The molecule has 1 saturated heterocycles. The first-order valence-corrected chi connectivity index (χ1v) is 8.57. The molecule has 2 aromatic heterocycles. The van der Waals surface area contributed by atoms with E-state index in [0.29, 0.717) is 12.2 Å². The fourth-order valence-corrected chi connectivity index (χ4v) is 3.21. The molecule has 2 amide bonds. The lowest BCUT2D eigenvalue weighted by atomic mass is 10.1. The van der Waals surface area contributed by atoms with E-state index in [1.165, 1.54) is 12.1 Å². The normalized spacial score (nSPS) is 17.3. The van der Waals surface area contributed by atoms with Gasteiger partial charge in [0, 0.05) is 31.0 Å². The predicted octanol–water partition coefficient (Wildman–Crippen LogP) is 2.66. The summed E-state index contributed by atoms with van der Waals surface area (Å²) in [5, 5.41) is 9.82. The molecule has 8 heteroatoms. The first kappa shape index (κ1) is 16.3. The molecule has 3 aromatic rings. The molecular formula is C18H19FN6O. The van der Waals surface area contributed by atoms with Gasteiger partial charge >= 0.3 is 6.03 Å². The van der Waals surface area contributed by atoms with Crippen LogP contribution in [0.3, 0.4) is 0 Å². The smallest absolute Gasteiger partial charge is 0.321 e. The Labute approximate surface area is 149 Å². The van der Waals surface area contributed by atoms with E-state index in [2.05, 4.69) is 25.6 Å². The summed E-state index contributed by atoms with van der Waals surface area (Å²) in [6, 6.07) is 11.7. The van der Waals surface area contributed by atoms with Crippen molar-refractivity contribution in [3.8, 4) is 0 Å². The molecule has 1 unspecified atom stereocenters. The Morgan fingerprint density at radius 3 is 3.00 bits per heavy atom. The van der Waals surface area contributed by atoms with Crippen molar-refractivity contribution in [2.24, 2.45) is 0 Å². The van der Waals surface area contributed by atoms with Crippen molar-refractivity contribution in [3.05, 3.63) is 54.5 Å². The number of carbonyl (C=O) groups is 1. The molecule has 1 aliphatic heterocycles. The largest absolute Gasteiger partial charge is 0.369 e. The van der Waals surface area contributed by atoms with Gasteiger partial charge in [-0.3, -0.25) is 5.32 Å². The summed E-state index contributed by atoms with van der Waals surface area (Å²) < 4.78 is 15.0. The van der Waals surface area contributed by atoms with Crippen LogP contribution in [-0.4, -0.2) is 39.8 Å². The average Bonchev–Trinajstić information content (AvgIpc) is 3.04. The molecule has 0 bridgehead atoms. The van der Waals surface area contributed by atoms with Crippen molar-refractivity contribution in [1.82, 2.24) is 19.9 Å². The van der Waals surface area contributed by atoms with E-state index < -0.39 is 0 Å². The number of pyridine rings is 1. The number of hydrogen-bond donors (Lipinski definition) is 2. The summed E-state index contributed by atoms with van der Waals surface area (Å²) in [7, 11) is 0. The number of piperidine rings is 1. The molecule has 2 N–H and O–H groups in total. The number of urea groups is 1. The molecule has 26 heavy (non-hydrogen) atoms. The van der Waals surface area contributed by atoms with Gasteiger partial charge in [0.1, 0.15) is 5.82 Å². The minimum atomic E-state index is -0.341. The second-order valence-corrected chi connectivity index (χ2v) is 6.30. The Bertz CT molecular complexity index is 894. The quantitative estimate of drug-likeness (QED) is 0.758. The summed E-state index contributed by atoms with van der Waals surface area (Å²) in [5.41, 5.74) is 1.50. The van der Waals surface area contributed by atoms with Gasteiger partial charge in [-0.15, -0.1) is 5.10 Å². The number of fused-ring (bicyclic) bond motifs is 1.